The molecule has 0 radical (unpaired) electrons. The van der Waals surface area contributed by atoms with Crippen LogP contribution in [0.5, 0.6) is 23.0 Å². The van der Waals surface area contributed by atoms with Crippen LogP contribution in [0.15, 0.2) is 42.2 Å². The molecule has 0 unspecified atom stereocenters. The number of ether oxygens (including phenoxy) is 6. The third kappa shape index (κ3) is 9.20. The number of allylic oxidation sites excluding steroid dienone is 2. The Hall–Kier alpha value is -5.16. The first-order valence-electron chi connectivity index (χ1n) is 19.7. The van der Waals surface area contributed by atoms with Crippen molar-refractivity contribution in [1.29, 1.82) is 0 Å². The minimum absolute atomic E-state index is 0.0625. The number of hydrogen-bond acceptors (Lipinski definition) is 14. The molecule has 5 N–H and O–H groups in total. The molecule has 0 aromatic heterocycles. The number of carbonyl (C=O) groups is 4. The number of aliphatic hydroxyl groups is 2. The summed E-state index contributed by atoms with van der Waals surface area (Å²) in [5.74, 6) is -8.08. The number of esters is 1. The highest BCUT2D eigenvalue weighted by Crippen LogP contribution is 2.54. The van der Waals surface area contributed by atoms with Gasteiger partial charge in [-0.25, -0.2) is 0 Å². The number of phenolic OH excluding ortho intramolecular Hbond substituents is 2. The Morgan fingerprint density at radius 2 is 1.64 bits per heavy atom. The first kappa shape index (κ1) is 44.9. The first-order chi connectivity index (χ1) is 27.8. The number of carbonyl (C=O) groups excluding carboxylic acids is 4. The highest BCUT2D eigenvalue weighted by Gasteiger charge is 2.50. The zero-order chi connectivity index (χ0) is 43.5. The van der Waals surface area contributed by atoms with Gasteiger partial charge in [0.25, 0.3) is 17.6 Å². The summed E-state index contributed by atoms with van der Waals surface area (Å²) in [6, 6.07) is 1.26. The minimum atomic E-state index is -2.03. The van der Waals surface area contributed by atoms with Crippen LogP contribution in [0, 0.1) is 30.6 Å². The van der Waals surface area contributed by atoms with Crippen molar-refractivity contribution in [2.24, 2.45) is 23.7 Å². The number of Topliss-reactive ketones (excluding diaryl/α,β-unsaturated/α-hetero) is 1. The van der Waals surface area contributed by atoms with Gasteiger partial charge >= 0.3 is 11.8 Å². The summed E-state index contributed by atoms with van der Waals surface area (Å²) in [6.07, 6.45) is 3.57. The summed E-state index contributed by atoms with van der Waals surface area (Å²) in [7, 11) is 1.43. The van der Waals surface area contributed by atoms with Crippen LogP contribution < -0.4 is 14.8 Å². The lowest BCUT2D eigenvalue weighted by molar-refractivity contribution is -0.160. The lowest BCUT2D eigenvalue weighted by atomic mass is 9.78. The zero-order valence-corrected chi connectivity index (χ0v) is 34.9. The maximum absolute atomic E-state index is 14.5. The van der Waals surface area contributed by atoms with Gasteiger partial charge in [0.05, 0.1) is 54.4 Å². The van der Waals surface area contributed by atoms with Gasteiger partial charge in [0, 0.05) is 80.3 Å². The van der Waals surface area contributed by atoms with E-state index in [2.05, 4.69) is 5.32 Å². The third-order valence-corrected chi connectivity index (χ3v) is 11.5. The zero-order valence-electron chi connectivity index (χ0n) is 34.9. The molecule has 59 heavy (non-hydrogen) atoms. The molecule has 2 aromatic carbocycles. The summed E-state index contributed by atoms with van der Waals surface area (Å²) >= 11 is 0. The van der Waals surface area contributed by atoms with Crippen LogP contribution in [0.2, 0.25) is 0 Å². The topological polar surface area (TPSA) is 220 Å². The van der Waals surface area contributed by atoms with Crippen LogP contribution in [-0.4, -0.2) is 119 Å². The van der Waals surface area contributed by atoms with Crippen LogP contribution in [0.4, 0.5) is 5.69 Å². The van der Waals surface area contributed by atoms with Crippen molar-refractivity contribution in [2.75, 3.05) is 45.3 Å². The molecule has 1 saturated heterocycles. The minimum Gasteiger partial charge on any atom is -0.507 e. The van der Waals surface area contributed by atoms with E-state index in [4.69, 9.17) is 28.4 Å². The number of aromatic hydroxyl groups is 2. The number of ketones is 1. The monoisotopic (exact) mass is 824 g/mol. The molecule has 9 atom stereocenters. The lowest BCUT2D eigenvalue weighted by Crippen LogP contribution is -2.46. The fourth-order valence-corrected chi connectivity index (χ4v) is 7.79. The Morgan fingerprint density at radius 3 is 2.29 bits per heavy atom. The van der Waals surface area contributed by atoms with Gasteiger partial charge in [-0.3, -0.25) is 19.2 Å². The van der Waals surface area contributed by atoms with Crippen LogP contribution in [-0.2, 0) is 33.3 Å². The predicted molar refractivity (Wildman–Crippen MR) is 215 cm³/mol. The normalized spacial score (nSPS) is 31.4. The predicted octanol–water partition coefficient (Wildman–Crippen LogP) is 4.29. The molecule has 4 heterocycles. The van der Waals surface area contributed by atoms with Gasteiger partial charge in [0.1, 0.15) is 23.4 Å². The second kappa shape index (κ2) is 18.4. The van der Waals surface area contributed by atoms with E-state index in [1.165, 1.54) is 59.3 Å². The summed E-state index contributed by atoms with van der Waals surface area (Å²) in [5.41, 5.74) is -0.0289. The number of nitrogens with one attached hydrogen (secondary N) is 1. The van der Waals surface area contributed by atoms with Gasteiger partial charge < -0.3 is 59.1 Å². The molecule has 0 spiro atoms. The average Bonchev–Trinajstić information content (AvgIpc) is 3.48. The molecule has 0 aliphatic carbocycles. The Kier molecular flexibility index (Phi) is 14.0. The van der Waals surface area contributed by atoms with Crippen molar-refractivity contribution < 1.29 is 68.0 Å². The van der Waals surface area contributed by atoms with Crippen molar-refractivity contribution in [2.45, 2.75) is 85.6 Å². The van der Waals surface area contributed by atoms with E-state index in [0.717, 1.165) is 0 Å². The van der Waals surface area contributed by atoms with Gasteiger partial charge in [-0.15, -0.1) is 0 Å². The van der Waals surface area contributed by atoms with Crippen molar-refractivity contribution in [3.63, 3.8) is 0 Å². The Morgan fingerprint density at radius 1 is 0.966 bits per heavy atom. The van der Waals surface area contributed by atoms with E-state index >= 15 is 0 Å². The van der Waals surface area contributed by atoms with Gasteiger partial charge in [-0.2, -0.15) is 0 Å². The number of phenols is 2. The first-order valence-corrected chi connectivity index (χ1v) is 19.7. The van der Waals surface area contributed by atoms with Crippen LogP contribution in [0.3, 0.4) is 0 Å². The molecule has 16 heteroatoms. The van der Waals surface area contributed by atoms with Crippen LogP contribution >= 0.6 is 0 Å². The second-order valence-electron chi connectivity index (χ2n) is 15.7. The van der Waals surface area contributed by atoms with E-state index < -0.39 is 89.6 Å². The number of anilines is 1. The molecule has 2 aromatic rings. The molecule has 2 amide bonds. The highest BCUT2D eigenvalue weighted by atomic mass is 16.7. The molecule has 6 rings (SSSR count). The van der Waals surface area contributed by atoms with Gasteiger partial charge in [-0.05, 0) is 19.9 Å². The largest absolute Gasteiger partial charge is 0.507 e. The molecule has 322 valence electrons. The highest BCUT2D eigenvalue weighted by molar-refractivity contribution is 6.21. The summed E-state index contributed by atoms with van der Waals surface area (Å²) in [4.78, 5) is 55.2. The van der Waals surface area contributed by atoms with Gasteiger partial charge in [-0.1, -0.05) is 45.9 Å². The Labute approximate surface area is 343 Å². The number of fused-ring (bicyclic) bond motifs is 14. The molecule has 0 saturated carbocycles. The van der Waals surface area contributed by atoms with Crippen molar-refractivity contribution in [1.82, 2.24) is 4.90 Å². The molecule has 1 fully saturated rings. The van der Waals surface area contributed by atoms with E-state index in [1.807, 2.05) is 0 Å². The third-order valence-electron chi connectivity index (χ3n) is 11.5. The maximum atomic E-state index is 14.5. The standard InChI is InChI=1S/C43H56N2O14/c1-21-11-10-12-22(2)42(53)44-28-19-30(56-20-31(47)45-14-17-55-18-15-45)32-33(38(28)51)37(50)26(6)40-34(32)41(52)43(8,59-40)57-16-13-29(54-9)23(3)39(58-27(7)46)25(5)36(49)24(4)35(21)48/h10-13,16,19,21,23-25,29,35-36,39,48-51H,14-15,17-18,20H2,1-9H3,(H,44,53)/b11-10-,16-13-,22-12-/t21-,23+,24+,25+,29-,35-,36+,39+,43-/m0/s1. The maximum Gasteiger partial charge on any atom is 0.312 e. The summed E-state index contributed by atoms with van der Waals surface area (Å²) in [6.45, 7) is 13.4. The number of hydrogen-bond donors (Lipinski definition) is 5. The molecule has 4 aliphatic heterocycles. The number of amides is 2. The van der Waals surface area contributed by atoms with Gasteiger partial charge in [0.2, 0.25) is 0 Å². The molecular formula is C43H56N2O14. The number of aliphatic hydroxyl groups excluding tert-OH is 2. The lowest BCUT2D eigenvalue weighted by Gasteiger charge is -2.38. The van der Waals surface area contributed by atoms with Crippen LogP contribution in [0.1, 0.15) is 64.4 Å². The summed E-state index contributed by atoms with van der Waals surface area (Å²) in [5, 5.41) is 48.4. The van der Waals surface area contributed by atoms with Crippen LogP contribution in [0.25, 0.3) is 10.8 Å². The van der Waals surface area contributed by atoms with Gasteiger partial charge in [0.15, 0.2) is 12.4 Å². The van der Waals surface area contributed by atoms with E-state index in [9.17, 15) is 39.6 Å². The van der Waals surface area contributed by atoms with Crippen molar-refractivity contribution in [3.8, 4) is 23.0 Å². The van der Waals surface area contributed by atoms with E-state index in [1.54, 1.807) is 44.7 Å². The molecular weight excluding hydrogens is 768 g/mol. The number of benzene rings is 2. The fraction of sp³-hybridized carbons (Fsp3) is 0.535. The SMILES string of the molecule is CO[C@H]1/C=C\O[C@@]2(C)Oc3c(C)c(O)c4c(O)c(cc(OCC(=O)N5CCOCC5)c4c3C2=O)NC(=O)/C(C)=C\C=C/[C@H](C)[C@H](O)[C@@H](C)[C@@H](O)[C@@H](C)[C@H](OC(C)=O)[C@@H]1C. The average molecular weight is 825 g/mol. The smallest absolute Gasteiger partial charge is 0.312 e. The van der Waals surface area contributed by atoms with Crippen molar-refractivity contribution in [3.05, 3.63) is 53.3 Å². The molecule has 5 bridgehead atoms. The Bertz CT molecular complexity index is 2040. The quantitative estimate of drug-likeness (QED) is 0.210. The van der Waals surface area contributed by atoms with Crippen molar-refractivity contribution >= 4 is 40.0 Å². The number of morpholine rings is 1. The second-order valence-corrected chi connectivity index (χ2v) is 15.7. The Balaban J connectivity index is 1.66. The number of methoxy groups -OCH3 is 1. The van der Waals surface area contributed by atoms with E-state index in [0.29, 0.717) is 26.3 Å². The summed E-state index contributed by atoms with van der Waals surface area (Å²) < 4.78 is 35.1. The number of nitrogens with zero attached hydrogens (tertiary/aromatic N) is 1. The molecule has 4 aliphatic rings. The van der Waals surface area contributed by atoms with E-state index in [-0.39, 0.29) is 50.6 Å². The fourth-order valence-electron chi connectivity index (χ4n) is 7.79. The number of rotatable bonds is 5. The molecule has 16 nitrogen and oxygen atoms in total.